The summed E-state index contributed by atoms with van der Waals surface area (Å²) in [5, 5.41) is 18.7. The van der Waals surface area contributed by atoms with Crippen molar-refractivity contribution in [3.05, 3.63) is 29.3 Å². The van der Waals surface area contributed by atoms with Crippen molar-refractivity contribution in [2.24, 2.45) is 5.92 Å². The third-order valence-electron chi connectivity index (χ3n) is 3.13. The summed E-state index contributed by atoms with van der Waals surface area (Å²) < 4.78 is 0. The van der Waals surface area contributed by atoms with Crippen molar-refractivity contribution in [2.45, 2.75) is 39.5 Å². The average Bonchev–Trinajstić information content (AvgIpc) is 2.28. The Balaban J connectivity index is 2.97. The van der Waals surface area contributed by atoms with Crippen molar-refractivity contribution in [3.63, 3.8) is 0 Å². The minimum Gasteiger partial charge on any atom is -0.507 e. The fourth-order valence-electron chi connectivity index (χ4n) is 2.17. The van der Waals surface area contributed by atoms with Crippen LogP contribution in [0.25, 0.3) is 0 Å². The largest absolute Gasteiger partial charge is 0.507 e. The predicted molar refractivity (Wildman–Crippen MR) is 67.5 cm³/mol. The Labute approximate surface area is 102 Å². The molecule has 0 bridgehead atoms. The second-order valence-corrected chi connectivity index (χ2v) is 4.38. The fourth-order valence-corrected chi connectivity index (χ4v) is 2.17. The van der Waals surface area contributed by atoms with Crippen molar-refractivity contribution in [2.75, 3.05) is 0 Å². The Bertz CT molecular complexity index is 385. The summed E-state index contributed by atoms with van der Waals surface area (Å²) in [6, 6.07) is 4.92. The summed E-state index contributed by atoms with van der Waals surface area (Å²) in [5.74, 6) is -0.703. The van der Waals surface area contributed by atoms with Gasteiger partial charge in [0.15, 0.2) is 0 Å². The lowest BCUT2D eigenvalue weighted by atomic mass is 9.90. The van der Waals surface area contributed by atoms with Gasteiger partial charge in [-0.15, -0.1) is 0 Å². The van der Waals surface area contributed by atoms with Crippen LogP contribution in [-0.2, 0) is 6.42 Å². The van der Waals surface area contributed by atoms with E-state index in [4.69, 9.17) is 5.11 Å². The predicted octanol–water partition coefficient (Wildman–Crippen LogP) is 3.46. The van der Waals surface area contributed by atoms with Crippen LogP contribution < -0.4 is 0 Å². The normalized spacial score (nSPS) is 12.4. The summed E-state index contributed by atoms with van der Waals surface area (Å²) in [7, 11) is 0. The zero-order chi connectivity index (χ0) is 12.8. The van der Waals surface area contributed by atoms with Gasteiger partial charge in [0.25, 0.3) is 0 Å². The Morgan fingerprint density at radius 1 is 1.35 bits per heavy atom. The molecule has 1 rings (SSSR count). The van der Waals surface area contributed by atoms with E-state index in [0.717, 1.165) is 31.2 Å². The first-order chi connectivity index (χ1) is 8.10. The molecule has 2 N–H and O–H groups in total. The van der Waals surface area contributed by atoms with Crippen LogP contribution >= 0.6 is 0 Å². The van der Waals surface area contributed by atoms with Crippen LogP contribution in [0.1, 0.15) is 49.0 Å². The molecule has 0 heterocycles. The maximum absolute atomic E-state index is 11.1. The molecule has 0 spiro atoms. The summed E-state index contributed by atoms with van der Waals surface area (Å²) in [5.41, 5.74) is 0.792. The van der Waals surface area contributed by atoms with E-state index in [-0.39, 0.29) is 11.3 Å². The molecule has 1 aromatic carbocycles. The van der Waals surface area contributed by atoms with Gasteiger partial charge < -0.3 is 10.2 Å². The molecule has 0 aromatic heterocycles. The van der Waals surface area contributed by atoms with Gasteiger partial charge in [-0.2, -0.15) is 0 Å². The highest BCUT2D eigenvalue weighted by atomic mass is 16.4. The molecule has 3 heteroatoms. The van der Waals surface area contributed by atoms with Crippen molar-refractivity contribution < 1.29 is 15.0 Å². The van der Waals surface area contributed by atoms with Crippen LogP contribution in [0.2, 0.25) is 0 Å². The number of hydrogen-bond donors (Lipinski definition) is 2. The second-order valence-electron chi connectivity index (χ2n) is 4.38. The zero-order valence-electron chi connectivity index (χ0n) is 10.4. The van der Waals surface area contributed by atoms with E-state index in [0.29, 0.717) is 5.92 Å². The number of aromatic hydroxyl groups is 1. The Hall–Kier alpha value is -1.51. The molecular formula is C14H20O3. The van der Waals surface area contributed by atoms with Gasteiger partial charge in [0.1, 0.15) is 11.3 Å². The van der Waals surface area contributed by atoms with Crippen molar-refractivity contribution in [1.29, 1.82) is 0 Å². The van der Waals surface area contributed by atoms with Crippen molar-refractivity contribution in [3.8, 4) is 5.75 Å². The van der Waals surface area contributed by atoms with E-state index in [1.165, 1.54) is 6.07 Å². The van der Waals surface area contributed by atoms with E-state index in [2.05, 4.69) is 13.8 Å². The number of carboxylic acids is 1. The van der Waals surface area contributed by atoms with Gasteiger partial charge in [0.05, 0.1) is 0 Å². The number of rotatable bonds is 6. The quantitative estimate of drug-likeness (QED) is 0.795. The van der Waals surface area contributed by atoms with E-state index < -0.39 is 5.97 Å². The van der Waals surface area contributed by atoms with Crippen LogP contribution in [0.4, 0.5) is 0 Å². The van der Waals surface area contributed by atoms with Crippen molar-refractivity contribution in [1.82, 2.24) is 0 Å². The monoisotopic (exact) mass is 236 g/mol. The molecule has 1 unspecified atom stereocenters. The highest BCUT2D eigenvalue weighted by molar-refractivity contribution is 5.92. The lowest BCUT2D eigenvalue weighted by Gasteiger charge is -2.15. The molecular weight excluding hydrogens is 216 g/mol. The summed E-state index contributed by atoms with van der Waals surface area (Å²) in [6.07, 6.45) is 3.94. The van der Waals surface area contributed by atoms with Gasteiger partial charge in [-0.3, -0.25) is 0 Å². The molecule has 0 radical (unpaired) electrons. The number of phenols is 1. The van der Waals surface area contributed by atoms with Gasteiger partial charge >= 0.3 is 5.97 Å². The highest BCUT2D eigenvalue weighted by Crippen LogP contribution is 2.25. The van der Waals surface area contributed by atoms with Gasteiger partial charge in [-0.25, -0.2) is 4.79 Å². The molecule has 3 nitrogen and oxygen atoms in total. The Morgan fingerprint density at radius 2 is 2.06 bits per heavy atom. The van der Waals surface area contributed by atoms with Gasteiger partial charge in [-0.05, 0) is 24.0 Å². The number of aromatic carboxylic acids is 1. The van der Waals surface area contributed by atoms with Gasteiger partial charge in [-0.1, -0.05) is 45.2 Å². The fraction of sp³-hybridized carbons (Fsp3) is 0.500. The molecule has 0 saturated heterocycles. The van der Waals surface area contributed by atoms with Gasteiger partial charge in [0, 0.05) is 0 Å². The third-order valence-corrected chi connectivity index (χ3v) is 3.13. The number of carboxylic acid groups (broad SMARTS) is 1. The third kappa shape index (κ3) is 3.48. The van der Waals surface area contributed by atoms with Crippen molar-refractivity contribution >= 4 is 5.97 Å². The minimum atomic E-state index is -1.05. The molecule has 17 heavy (non-hydrogen) atoms. The Kier molecular flexibility index (Phi) is 5.01. The maximum atomic E-state index is 11.1. The lowest BCUT2D eigenvalue weighted by Crippen LogP contribution is -2.09. The highest BCUT2D eigenvalue weighted by Gasteiger charge is 2.17. The standard InChI is InChI=1S/C14H20O3/c1-3-6-10(4-2)9-11-7-5-8-12(15)13(11)14(16)17/h5,7-8,10,15H,3-4,6,9H2,1-2H3,(H,16,17). The Morgan fingerprint density at radius 3 is 2.59 bits per heavy atom. The van der Waals surface area contributed by atoms with E-state index in [1.807, 2.05) is 0 Å². The van der Waals surface area contributed by atoms with Crippen LogP contribution in [0, 0.1) is 5.92 Å². The number of carbonyl (C=O) groups is 1. The zero-order valence-corrected chi connectivity index (χ0v) is 10.4. The molecule has 0 saturated carbocycles. The van der Waals surface area contributed by atoms with Crippen LogP contribution in [-0.4, -0.2) is 16.2 Å². The molecule has 0 aliphatic rings. The lowest BCUT2D eigenvalue weighted by molar-refractivity contribution is 0.0692. The molecule has 1 atom stereocenters. The first-order valence-electron chi connectivity index (χ1n) is 6.14. The first kappa shape index (κ1) is 13.6. The first-order valence-corrected chi connectivity index (χ1v) is 6.14. The average molecular weight is 236 g/mol. The van der Waals surface area contributed by atoms with E-state index in [1.54, 1.807) is 12.1 Å². The maximum Gasteiger partial charge on any atom is 0.339 e. The van der Waals surface area contributed by atoms with E-state index >= 15 is 0 Å². The smallest absolute Gasteiger partial charge is 0.339 e. The number of hydrogen-bond acceptors (Lipinski definition) is 2. The topological polar surface area (TPSA) is 57.5 Å². The molecule has 94 valence electrons. The number of benzene rings is 1. The summed E-state index contributed by atoms with van der Waals surface area (Å²) >= 11 is 0. The SMILES string of the molecule is CCCC(CC)Cc1cccc(O)c1C(=O)O. The second kappa shape index (κ2) is 6.28. The summed E-state index contributed by atoms with van der Waals surface area (Å²) in [4.78, 5) is 11.1. The summed E-state index contributed by atoms with van der Waals surface area (Å²) in [6.45, 7) is 4.24. The molecule has 0 fully saturated rings. The van der Waals surface area contributed by atoms with Gasteiger partial charge in [0.2, 0.25) is 0 Å². The molecule has 0 amide bonds. The minimum absolute atomic E-state index is 0.0575. The van der Waals surface area contributed by atoms with Crippen LogP contribution in [0.15, 0.2) is 18.2 Å². The van der Waals surface area contributed by atoms with Crippen LogP contribution in [0.5, 0.6) is 5.75 Å². The molecule has 0 aliphatic heterocycles. The van der Waals surface area contributed by atoms with E-state index in [9.17, 15) is 9.90 Å². The molecule has 0 aliphatic carbocycles. The molecule has 1 aromatic rings. The van der Waals surface area contributed by atoms with Crippen LogP contribution in [0.3, 0.4) is 0 Å².